The number of pyridine rings is 1. The predicted octanol–water partition coefficient (Wildman–Crippen LogP) is 2.93. The second-order valence-electron chi connectivity index (χ2n) is 9.17. The lowest BCUT2D eigenvalue weighted by Gasteiger charge is -2.33. The Morgan fingerprint density at radius 3 is 2.61 bits per heavy atom. The molecule has 2 aliphatic rings. The minimum Gasteiger partial charge on any atom is -0.379 e. The number of nitrogens with zero attached hydrogens (tertiary/aromatic N) is 3. The molecule has 8 nitrogen and oxygen atoms in total. The molecule has 10 heteroatoms. The van der Waals surface area contributed by atoms with E-state index >= 15 is 0 Å². The first-order chi connectivity index (χ1) is 17.4. The van der Waals surface area contributed by atoms with Crippen LogP contribution in [-0.4, -0.2) is 63.0 Å². The number of benzene rings is 2. The lowest BCUT2D eigenvalue weighted by molar-refractivity contribution is -0.125. The van der Waals surface area contributed by atoms with E-state index in [0.717, 1.165) is 36.2 Å². The first-order valence-corrected chi connectivity index (χ1v) is 13.6. The number of hydrogen-bond acceptors (Lipinski definition) is 6. The number of carbonyl (C=O) groups excluding carboxylic acids is 1. The van der Waals surface area contributed by atoms with Crippen molar-refractivity contribution >= 4 is 32.7 Å². The zero-order valence-electron chi connectivity index (χ0n) is 19.9. The number of carbonyl (C=O) groups is 1. The highest BCUT2D eigenvalue weighted by molar-refractivity contribution is 7.89. The first kappa shape index (κ1) is 24.6. The van der Waals surface area contributed by atoms with Gasteiger partial charge in [-0.2, -0.15) is 4.31 Å². The van der Waals surface area contributed by atoms with Gasteiger partial charge < -0.3 is 15.0 Å². The Hall–Kier alpha value is -3.08. The molecule has 0 radical (unpaired) electrons. The summed E-state index contributed by atoms with van der Waals surface area (Å²) in [7, 11) is -3.58. The van der Waals surface area contributed by atoms with Crippen LogP contribution >= 0.6 is 0 Å². The van der Waals surface area contributed by atoms with Crippen LogP contribution in [-0.2, 0) is 26.1 Å². The van der Waals surface area contributed by atoms with Crippen LogP contribution in [0.25, 0.3) is 10.9 Å². The Kier molecular flexibility index (Phi) is 7.17. The van der Waals surface area contributed by atoms with Gasteiger partial charge in [0.1, 0.15) is 11.6 Å². The molecule has 1 amide bonds. The van der Waals surface area contributed by atoms with E-state index in [1.807, 2.05) is 12.1 Å². The Morgan fingerprint density at radius 1 is 1.06 bits per heavy atom. The van der Waals surface area contributed by atoms with Crippen molar-refractivity contribution in [2.75, 3.05) is 44.3 Å². The fraction of sp³-hybridized carbons (Fsp3) is 0.385. The summed E-state index contributed by atoms with van der Waals surface area (Å²) in [5.41, 5.74) is 1.56. The fourth-order valence-corrected chi connectivity index (χ4v) is 6.14. The third kappa shape index (κ3) is 5.35. The topological polar surface area (TPSA) is 91.8 Å². The number of hydrogen-bond donors (Lipinski definition) is 1. The molecule has 2 fully saturated rings. The molecule has 3 aromatic rings. The minimum atomic E-state index is -3.58. The number of anilines is 1. The lowest BCUT2D eigenvalue weighted by atomic mass is 9.97. The van der Waals surface area contributed by atoms with Gasteiger partial charge in [-0.05, 0) is 60.9 Å². The number of piperidine rings is 1. The SMILES string of the molecule is O=C(NCc1ccc(F)cc1)C1CCCN(c2ccc3cc(S(=O)(=O)N4CCOCC4)ccc3n2)C1. The molecule has 0 saturated carbocycles. The van der Waals surface area contributed by atoms with E-state index in [4.69, 9.17) is 9.72 Å². The number of nitrogens with one attached hydrogen (secondary N) is 1. The smallest absolute Gasteiger partial charge is 0.243 e. The zero-order chi connectivity index (χ0) is 25.1. The van der Waals surface area contributed by atoms with Crippen molar-refractivity contribution in [2.45, 2.75) is 24.3 Å². The Balaban J connectivity index is 1.26. The van der Waals surface area contributed by atoms with Gasteiger partial charge in [-0.25, -0.2) is 17.8 Å². The summed E-state index contributed by atoms with van der Waals surface area (Å²) >= 11 is 0. The Morgan fingerprint density at radius 2 is 1.83 bits per heavy atom. The zero-order valence-corrected chi connectivity index (χ0v) is 20.7. The van der Waals surface area contributed by atoms with Crippen molar-refractivity contribution in [3.8, 4) is 0 Å². The van der Waals surface area contributed by atoms with Crippen LogP contribution in [0.2, 0.25) is 0 Å². The quantitative estimate of drug-likeness (QED) is 0.546. The summed E-state index contributed by atoms with van der Waals surface area (Å²) in [6.07, 6.45) is 1.66. The molecule has 190 valence electrons. The molecular formula is C26H29FN4O4S. The van der Waals surface area contributed by atoms with E-state index < -0.39 is 10.0 Å². The molecule has 36 heavy (non-hydrogen) atoms. The Bertz CT molecular complexity index is 1340. The van der Waals surface area contributed by atoms with Crippen molar-refractivity contribution in [1.82, 2.24) is 14.6 Å². The van der Waals surface area contributed by atoms with Crippen molar-refractivity contribution in [3.63, 3.8) is 0 Å². The number of amides is 1. The number of rotatable bonds is 6. The molecule has 0 aliphatic carbocycles. The van der Waals surface area contributed by atoms with Crippen molar-refractivity contribution in [2.24, 2.45) is 5.92 Å². The van der Waals surface area contributed by atoms with E-state index in [1.165, 1.54) is 16.4 Å². The summed E-state index contributed by atoms with van der Waals surface area (Å²) in [4.78, 5) is 19.9. The number of morpholine rings is 1. The van der Waals surface area contributed by atoms with Crippen molar-refractivity contribution in [1.29, 1.82) is 0 Å². The number of fused-ring (bicyclic) bond motifs is 1. The number of aromatic nitrogens is 1. The molecule has 2 saturated heterocycles. The standard InChI is InChI=1S/C26H29FN4O4S/c27-22-6-3-19(4-7-22)17-28-26(32)21-2-1-11-30(18-21)25-10-5-20-16-23(8-9-24(20)29-25)36(33,34)31-12-14-35-15-13-31/h3-10,16,21H,1-2,11-15,17-18H2,(H,28,32). The summed E-state index contributed by atoms with van der Waals surface area (Å²) in [5, 5.41) is 3.71. The van der Waals surface area contributed by atoms with Gasteiger partial charge in [-0.3, -0.25) is 4.79 Å². The molecule has 1 aromatic heterocycles. The van der Waals surface area contributed by atoms with Crippen LogP contribution in [0.15, 0.2) is 59.5 Å². The van der Waals surface area contributed by atoms with Crippen LogP contribution in [0.3, 0.4) is 0 Å². The van der Waals surface area contributed by atoms with Crippen LogP contribution in [0, 0.1) is 11.7 Å². The highest BCUT2D eigenvalue weighted by Gasteiger charge is 2.28. The van der Waals surface area contributed by atoms with E-state index in [-0.39, 0.29) is 22.5 Å². The maximum absolute atomic E-state index is 13.1. The first-order valence-electron chi connectivity index (χ1n) is 12.2. The highest BCUT2D eigenvalue weighted by Crippen LogP contribution is 2.27. The van der Waals surface area contributed by atoms with Crippen LogP contribution in [0.5, 0.6) is 0 Å². The van der Waals surface area contributed by atoms with Crippen LogP contribution in [0.1, 0.15) is 18.4 Å². The molecule has 1 unspecified atom stereocenters. The molecule has 3 heterocycles. The van der Waals surface area contributed by atoms with Gasteiger partial charge in [0, 0.05) is 38.1 Å². The maximum Gasteiger partial charge on any atom is 0.243 e. The second kappa shape index (κ2) is 10.5. The normalized spacial score (nSPS) is 19.4. The van der Waals surface area contributed by atoms with Crippen LogP contribution in [0.4, 0.5) is 10.2 Å². The van der Waals surface area contributed by atoms with Gasteiger partial charge >= 0.3 is 0 Å². The van der Waals surface area contributed by atoms with Gasteiger partial charge in [-0.1, -0.05) is 12.1 Å². The summed E-state index contributed by atoms with van der Waals surface area (Å²) in [6, 6.07) is 14.9. The number of halogens is 1. The van der Waals surface area contributed by atoms with Gasteiger partial charge in [0.05, 0.1) is 29.5 Å². The molecule has 2 aliphatic heterocycles. The summed E-state index contributed by atoms with van der Waals surface area (Å²) in [6.45, 7) is 3.22. The van der Waals surface area contributed by atoms with E-state index in [0.29, 0.717) is 44.9 Å². The average Bonchev–Trinajstić information content (AvgIpc) is 2.92. The molecule has 0 spiro atoms. The maximum atomic E-state index is 13.1. The third-order valence-corrected chi connectivity index (χ3v) is 8.64. The fourth-order valence-electron chi connectivity index (χ4n) is 4.70. The van der Waals surface area contributed by atoms with Crippen LogP contribution < -0.4 is 10.2 Å². The molecule has 1 atom stereocenters. The second-order valence-corrected chi connectivity index (χ2v) is 11.1. The van der Waals surface area contributed by atoms with Gasteiger partial charge in [0.15, 0.2) is 0 Å². The van der Waals surface area contributed by atoms with Gasteiger partial charge in [0.2, 0.25) is 15.9 Å². The number of ether oxygens (including phenoxy) is 1. The Labute approximate surface area is 210 Å². The molecule has 2 aromatic carbocycles. The molecule has 5 rings (SSSR count). The average molecular weight is 513 g/mol. The van der Waals surface area contributed by atoms with Gasteiger partial charge in [0.25, 0.3) is 0 Å². The minimum absolute atomic E-state index is 0.0252. The lowest BCUT2D eigenvalue weighted by Crippen LogP contribution is -2.43. The monoisotopic (exact) mass is 512 g/mol. The third-order valence-electron chi connectivity index (χ3n) is 6.75. The van der Waals surface area contributed by atoms with Crippen molar-refractivity contribution < 1.29 is 22.3 Å². The van der Waals surface area contributed by atoms with Gasteiger partial charge in [-0.15, -0.1) is 0 Å². The van der Waals surface area contributed by atoms with E-state index in [1.54, 1.807) is 30.3 Å². The summed E-state index contributed by atoms with van der Waals surface area (Å²) in [5.74, 6) is 0.272. The molecular weight excluding hydrogens is 483 g/mol. The largest absolute Gasteiger partial charge is 0.379 e. The highest BCUT2D eigenvalue weighted by atomic mass is 32.2. The predicted molar refractivity (Wildman–Crippen MR) is 135 cm³/mol. The molecule has 1 N–H and O–H groups in total. The summed E-state index contributed by atoms with van der Waals surface area (Å²) < 4.78 is 45.8. The number of sulfonamides is 1. The van der Waals surface area contributed by atoms with E-state index in [9.17, 15) is 17.6 Å². The van der Waals surface area contributed by atoms with Crippen molar-refractivity contribution in [3.05, 3.63) is 66.0 Å². The van der Waals surface area contributed by atoms with E-state index in [2.05, 4.69) is 10.2 Å². The molecule has 0 bridgehead atoms.